The Kier molecular flexibility index (Phi) is 4.00. The van der Waals surface area contributed by atoms with Crippen LogP contribution in [0, 0.1) is 5.92 Å². The number of rotatable bonds is 2. The number of nitrogens with zero attached hydrogens (tertiary/aromatic N) is 3. The molecule has 1 N–H and O–H groups in total. The zero-order valence-electron chi connectivity index (χ0n) is 14.1. The summed E-state index contributed by atoms with van der Waals surface area (Å²) in [5.74, 6) is 0.625. The molecule has 2 aromatic heterocycles. The minimum atomic E-state index is -0.0921. The first-order chi connectivity index (χ1) is 11.6. The first kappa shape index (κ1) is 15.6. The van der Waals surface area contributed by atoms with E-state index in [1.807, 2.05) is 17.9 Å². The molecule has 1 unspecified atom stereocenters. The van der Waals surface area contributed by atoms with Crippen LogP contribution in [0.4, 0.5) is 0 Å². The minimum Gasteiger partial charge on any atom is -0.272 e. The van der Waals surface area contributed by atoms with Crippen LogP contribution in [0.15, 0.2) is 17.4 Å². The summed E-state index contributed by atoms with van der Waals surface area (Å²) in [7, 11) is 1.96. The fraction of sp³-hybridized carbons (Fsp3) is 0.500. The fourth-order valence-electron chi connectivity index (χ4n) is 3.67. The monoisotopic (exact) mass is 342 g/mol. The van der Waals surface area contributed by atoms with Crippen molar-refractivity contribution in [3.05, 3.63) is 38.8 Å². The second-order valence-corrected chi connectivity index (χ2v) is 8.03. The number of amides is 1. The van der Waals surface area contributed by atoms with Crippen LogP contribution in [0.2, 0.25) is 0 Å². The summed E-state index contributed by atoms with van der Waals surface area (Å²) >= 11 is 1.62. The standard InChI is InChI=1S/C18H22N4OS/c1-11-6-7-16-12(8-11)9-17(24-16)18(23)21-20-14-4-3-5-15-13(14)10-19-22(15)2/h9-11H,3-8H2,1-2H3,(H,21,23). The van der Waals surface area contributed by atoms with Crippen molar-refractivity contribution >= 4 is 23.0 Å². The first-order valence-corrected chi connectivity index (χ1v) is 9.43. The Morgan fingerprint density at radius 3 is 3.17 bits per heavy atom. The average molecular weight is 342 g/mol. The summed E-state index contributed by atoms with van der Waals surface area (Å²) in [5.41, 5.74) is 7.33. The molecule has 0 radical (unpaired) electrons. The largest absolute Gasteiger partial charge is 0.281 e. The van der Waals surface area contributed by atoms with Gasteiger partial charge in [0.1, 0.15) is 0 Å². The third kappa shape index (κ3) is 2.79. The predicted octanol–water partition coefficient (Wildman–Crippen LogP) is 3.08. The van der Waals surface area contributed by atoms with E-state index in [4.69, 9.17) is 0 Å². The number of hydrogen-bond donors (Lipinski definition) is 1. The molecule has 0 spiro atoms. The van der Waals surface area contributed by atoms with E-state index in [0.29, 0.717) is 0 Å². The zero-order valence-corrected chi connectivity index (χ0v) is 14.9. The summed E-state index contributed by atoms with van der Waals surface area (Å²) in [6, 6.07) is 2.06. The first-order valence-electron chi connectivity index (χ1n) is 8.61. The van der Waals surface area contributed by atoms with Crippen LogP contribution in [-0.4, -0.2) is 21.4 Å². The summed E-state index contributed by atoms with van der Waals surface area (Å²) in [6.07, 6.45) is 8.22. The minimum absolute atomic E-state index is 0.0921. The maximum Gasteiger partial charge on any atom is 0.281 e. The smallest absolute Gasteiger partial charge is 0.272 e. The van der Waals surface area contributed by atoms with Crippen molar-refractivity contribution in [1.82, 2.24) is 15.2 Å². The number of hydrogen-bond acceptors (Lipinski definition) is 4. The molecule has 6 heteroatoms. The molecule has 126 valence electrons. The van der Waals surface area contributed by atoms with Gasteiger partial charge in [-0.1, -0.05) is 6.92 Å². The molecule has 0 saturated heterocycles. The Labute approximate surface area is 145 Å². The Hall–Kier alpha value is -1.95. The van der Waals surface area contributed by atoms with Gasteiger partial charge in [0.25, 0.3) is 5.91 Å². The van der Waals surface area contributed by atoms with Crippen molar-refractivity contribution < 1.29 is 4.79 Å². The van der Waals surface area contributed by atoms with Gasteiger partial charge in [0.2, 0.25) is 0 Å². The number of aromatic nitrogens is 2. The number of carbonyl (C=O) groups excluding carboxylic acids is 1. The maximum atomic E-state index is 12.5. The zero-order chi connectivity index (χ0) is 16.7. The van der Waals surface area contributed by atoms with E-state index < -0.39 is 0 Å². The number of hydrazone groups is 1. The third-order valence-electron chi connectivity index (χ3n) is 5.05. The molecule has 1 atom stereocenters. The van der Waals surface area contributed by atoms with E-state index >= 15 is 0 Å². The molecule has 2 heterocycles. The van der Waals surface area contributed by atoms with E-state index in [1.165, 1.54) is 22.6 Å². The van der Waals surface area contributed by atoms with Gasteiger partial charge in [0, 0.05) is 23.2 Å². The number of fused-ring (bicyclic) bond motifs is 2. The quantitative estimate of drug-likeness (QED) is 0.853. The lowest BCUT2D eigenvalue weighted by Crippen LogP contribution is -2.21. The summed E-state index contributed by atoms with van der Waals surface area (Å²) in [6.45, 7) is 2.28. The van der Waals surface area contributed by atoms with Gasteiger partial charge < -0.3 is 0 Å². The number of nitrogens with one attached hydrogen (secondary N) is 1. The van der Waals surface area contributed by atoms with Crippen LogP contribution in [0.1, 0.15) is 57.6 Å². The molecule has 24 heavy (non-hydrogen) atoms. The lowest BCUT2D eigenvalue weighted by atomic mass is 9.90. The van der Waals surface area contributed by atoms with Gasteiger partial charge in [-0.3, -0.25) is 9.48 Å². The average Bonchev–Trinajstić information content (AvgIpc) is 3.16. The van der Waals surface area contributed by atoms with Gasteiger partial charge in [-0.25, -0.2) is 5.43 Å². The van der Waals surface area contributed by atoms with Gasteiger partial charge >= 0.3 is 0 Å². The molecule has 2 aliphatic carbocycles. The highest BCUT2D eigenvalue weighted by atomic mass is 32.1. The summed E-state index contributed by atoms with van der Waals surface area (Å²) in [4.78, 5) is 14.6. The number of carbonyl (C=O) groups is 1. The van der Waals surface area contributed by atoms with Crippen molar-refractivity contribution in [1.29, 1.82) is 0 Å². The van der Waals surface area contributed by atoms with Crippen LogP contribution < -0.4 is 5.43 Å². The molecular weight excluding hydrogens is 320 g/mol. The molecule has 0 bridgehead atoms. The maximum absolute atomic E-state index is 12.5. The van der Waals surface area contributed by atoms with Crippen molar-refractivity contribution in [2.24, 2.45) is 18.1 Å². The summed E-state index contributed by atoms with van der Waals surface area (Å²) < 4.78 is 1.90. The highest BCUT2D eigenvalue weighted by Crippen LogP contribution is 2.32. The van der Waals surface area contributed by atoms with E-state index in [0.717, 1.165) is 54.2 Å². The SMILES string of the molecule is CC1CCc2sc(C(=O)NN=C3CCCc4c3cnn4C)cc2C1. The molecule has 0 saturated carbocycles. The Balaban J connectivity index is 1.51. The fourth-order valence-corrected chi connectivity index (χ4v) is 4.76. The molecule has 2 aromatic rings. The van der Waals surface area contributed by atoms with Crippen LogP contribution in [-0.2, 0) is 26.3 Å². The van der Waals surface area contributed by atoms with Crippen LogP contribution in [0.3, 0.4) is 0 Å². The van der Waals surface area contributed by atoms with Gasteiger partial charge in [-0.2, -0.15) is 10.2 Å². The summed E-state index contributed by atoms with van der Waals surface area (Å²) in [5, 5.41) is 8.72. The van der Waals surface area contributed by atoms with E-state index in [-0.39, 0.29) is 5.91 Å². The molecule has 0 fully saturated rings. The number of aryl methyl sites for hydroxylation is 2. The highest BCUT2D eigenvalue weighted by molar-refractivity contribution is 7.14. The van der Waals surface area contributed by atoms with E-state index in [1.54, 1.807) is 11.3 Å². The van der Waals surface area contributed by atoms with Crippen LogP contribution in [0.5, 0.6) is 0 Å². The molecule has 4 rings (SSSR count). The molecule has 5 nitrogen and oxygen atoms in total. The normalized spacial score (nSPS) is 21.4. The van der Waals surface area contributed by atoms with E-state index in [9.17, 15) is 4.79 Å². The van der Waals surface area contributed by atoms with Crippen molar-refractivity contribution in [2.75, 3.05) is 0 Å². The predicted molar refractivity (Wildman–Crippen MR) is 95.7 cm³/mol. The van der Waals surface area contributed by atoms with Gasteiger partial charge in [-0.15, -0.1) is 11.3 Å². The van der Waals surface area contributed by atoms with Crippen LogP contribution >= 0.6 is 11.3 Å². The van der Waals surface area contributed by atoms with Gasteiger partial charge in [0.15, 0.2) is 0 Å². The Morgan fingerprint density at radius 1 is 1.42 bits per heavy atom. The van der Waals surface area contributed by atoms with Crippen molar-refractivity contribution in [3.63, 3.8) is 0 Å². The van der Waals surface area contributed by atoms with Crippen LogP contribution in [0.25, 0.3) is 0 Å². The molecule has 0 aromatic carbocycles. The molecule has 2 aliphatic rings. The lowest BCUT2D eigenvalue weighted by Gasteiger charge is -2.16. The highest BCUT2D eigenvalue weighted by Gasteiger charge is 2.22. The molecule has 0 aliphatic heterocycles. The second-order valence-electron chi connectivity index (χ2n) is 6.89. The van der Waals surface area contributed by atoms with Crippen molar-refractivity contribution in [3.8, 4) is 0 Å². The van der Waals surface area contributed by atoms with Crippen molar-refractivity contribution in [2.45, 2.75) is 45.4 Å². The third-order valence-corrected chi connectivity index (χ3v) is 6.28. The Morgan fingerprint density at radius 2 is 2.29 bits per heavy atom. The number of thiophene rings is 1. The topological polar surface area (TPSA) is 59.3 Å². The molecule has 1 amide bonds. The lowest BCUT2D eigenvalue weighted by molar-refractivity contribution is 0.0958. The molecular formula is C18H22N4OS. The second kappa shape index (κ2) is 6.16. The van der Waals surface area contributed by atoms with Gasteiger partial charge in [0.05, 0.1) is 16.8 Å². The Bertz CT molecular complexity index is 817. The van der Waals surface area contributed by atoms with E-state index in [2.05, 4.69) is 28.6 Å². The van der Waals surface area contributed by atoms with Gasteiger partial charge in [-0.05, 0) is 56.1 Å².